The van der Waals surface area contributed by atoms with Crippen molar-refractivity contribution in [3.63, 3.8) is 0 Å². The van der Waals surface area contributed by atoms with Gasteiger partial charge < -0.3 is 10.1 Å². The molecule has 0 aliphatic heterocycles. The molecule has 0 aliphatic rings. The van der Waals surface area contributed by atoms with E-state index in [1.807, 2.05) is 37.3 Å². The molecule has 24 heavy (non-hydrogen) atoms. The first-order chi connectivity index (χ1) is 11.4. The Morgan fingerprint density at radius 3 is 2.25 bits per heavy atom. The number of hydrogen-bond acceptors (Lipinski definition) is 2. The van der Waals surface area contributed by atoms with Crippen molar-refractivity contribution in [1.82, 2.24) is 0 Å². The molecule has 0 radical (unpaired) electrons. The van der Waals surface area contributed by atoms with E-state index in [4.69, 9.17) is 4.74 Å². The van der Waals surface area contributed by atoms with Crippen LogP contribution in [-0.2, 0) is 4.79 Å². The van der Waals surface area contributed by atoms with Crippen LogP contribution in [0, 0.1) is 6.92 Å². The smallest absolute Gasteiger partial charge is 0.262 e. The van der Waals surface area contributed by atoms with Crippen LogP contribution in [0.4, 0.5) is 5.69 Å². The van der Waals surface area contributed by atoms with Crippen LogP contribution in [0.2, 0.25) is 0 Å². The predicted molar refractivity (Wildman–Crippen MR) is 99.9 cm³/mol. The highest BCUT2D eigenvalue weighted by atomic mass is 16.5. The molecule has 0 atom stereocenters. The van der Waals surface area contributed by atoms with Gasteiger partial charge >= 0.3 is 0 Å². The van der Waals surface area contributed by atoms with Gasteiger partial charge in [0.2, 0.25) is 0 Å². The van der Waals surface area contributed by atoms with Gasteiger partial charge in [0.1, 0.15) is 5.75 Å². The molecule has 3 heteroatoms. The Hall–Kier alpha value is -2.29. The second-order valence-corrected chi connectivity index (χ2v) is 6.81. The molecule has 2 rings (SSSR count). The fraction of sp³-hybridized carbons (Fsp3) is 0.381. The van der Waals surface area contributed by atoms with E-state index in [1.165, 1.54) is 5.56 Å². The molecule has 2 aromatic carbocycles. The third-order valence-electron chi connectivity index (χ3n) is 4.01. The van der Waals surface area contributed by atoms with Crippen LogP contribution >= 0.6 is 0 Å². The molecule has 128 valence electrons. The SMILES string of the molecule is Cc1ccc(C(C)C)c(OCC(=O)Nc2ccc(C(C)C)cc2)c1. The van der Waals surface area contributed by atoms with Crippen LogP contribution in [0.25, 0.3) is 0 Å². The van der Waals surface area contributed by atoms with Crippen molar-refractivity contribution in [3.8, 4) is 5.75 Å². The van der Waals surface area contributed by atoms with E-state index in [-0.39, 0.29) is 12.5 Å². The van der Waals surface area contributed by atoms with E-state index in [9.17, 15) is 4.79 Å². The minimum Gasteiger partial charge on any atom is -0.483 e. The Balaban J connectivity index is 1.97. The lowest BCUT2D eigenvalue weighted by Gasteiger charge is -2.15. The van der Waals surface area contributed by atoms with Crippen molar-refractivity contribution >= 4 is 11.6 Å². The zero-order valence-electron chi connectivity index (χ0n) is 15.2. The van der Waals surface area contributed by atoms with Gasteiger partial charge in [-0.3, -0.25) is 4.79 Å². The summed E-state index contributed by atoms with van der Waals surface area (Å²) in [6.07, 6.45) is 0. The highest BCUT2D eigenvalue weighted by Gasteiger charge is 2.10. The number of anilines is 1. The van der Waals surface area contributed by atoms with Crippen LogP contribution in [0.1, 0.15) is 56.2 Å². The number of amides is 1. The molecule has 0 aliphatic carbocycles. The van der Waals surface area contributed by atoms with Crippen molar-refractivity contribution in [2.45, 2.75) is 46.5 Å². The molecule has 1 N–H and O–H groups in total. The summed E-state index contributed by atoms with van der Waals surface area (Å²) < 4.78 is 5.76. The fourth-order valence-electron chi connectivity index (χ4n) is 2.54. The van der Waals surface area contributed by atoms with Gasteiger partial charge in [-0.15, -0.1) is 0 Å². The van der Waals surface area contributed by atoms with Gasteiger partial charge in [0, 0.05) is 5.69 Å². The van der Waals surface area contributed by atoms with Crippen molar-refractivity contribution in [2.24, 2.45) is 0 Å². The molecule has 0 spiro atoms. The van der Waals surface area contributed by atoms with Crippen LogP contribution in [0.5, 0.6) is 5.75 Å². The Morgan fingerprint density at radius 1 is 1.00 bits per heavy atom. The molecule has 1 amide bonds. The molecule has 0 fully saturated rings. The topological polar surface area (TPSA) is 38.3 Å². The lowest BCUT2D eigenvalue weighted by molar-refractivity contribution is -0.118. The highest BCUT2D eigenvalue weighted by Crippen LogP contribution is 2.27. The van der Waals surface area contributed by atoms with Gasteiger partial charge in [0.15, 0.2) is 6.61 Å². The van der Waals surface area contributed by atoms with Crippen LogP contribution in [-0.4, -0.2) is 12.5 Å². The second-order valence-electron chi connectivity index (χ2n) is 6.81. The maximum atomic E-state index is 12.1. The number of carbonyl (C=O) groups excluding carboxylic acids is 1. The first kappa shape index (κ1) is 18.1. The largest absolute Gasteiger partial charge is 0.483 e. The summed E-state index contributed by atoms with van der Waals surface area (Å²) in [5, 5.41) is 2.88. The van der Waals surface area contributed by atoms with E-state index in [0.29, 0.717) is 11.8 Å². The fourth-order valence-corrected chi connectivity index (χ4v) is 2.54. The summed E-state index contributed by atoms with van der Waals surface area (Å²) >= 11 is 0. The van der Waals surface area contributed by atoms with Gasteiger partial charge in [0.25, 0.3) is 5.91 Å². The van der Waals surface area contributed by atoms with Crippen LogP contribution in [0.3, 0.4) is 0 Å². The van der Waals surface area contributed by atoms with Gasteiger partial charge in [0.05, 0.1) is 0 Å². The number of nitrogens with one attached hydrogen (secondary N) is 1. The Labute approximate surface area is 145 Å². The summed E-state index contributed by atoms with van der Waals surface area (Å²) in [4.78, 5) is 12.1. The summed E-state index contributed by atoms with van der Waals surface area (Å²) in [6, 6.07) is 14.1. The molecule has 3 nitrogen and oxygen atoms in total. The molecule has 0 saturated heterocycles. The summed E-state index contributed by atoms with van der Waals surface area (Å²) in [5.41, 5.74) is 4.29. The Kier molecular flexibility index (Phi) is 6.02. The molecule has 0 bridgehead atoms. The van der Waals surface area contributed by atoms with Gasteiger partial charge in [-0.1, -0.05) is 52.0 Å². The molecule has 2 aromatic rings. The number of carbonyl (C=O) groups is 1. The predicted octanol–water partition coefficient (Wildman–Crippen LogP) is 5.26. The zero-order valence-corrected chi connectivity index (χ0v) is 15.2. The number of ether oxygens (including phenoxy) is 1. The minimum atomic E-state index is -0.150. The quantitative estimate of drug-likeness (QED) is 0.787. The van der Waals surface area contributed by atoms with Gasteiger partial charge in [-0.05, 0) is 53.6 Å². The Morgan fingerprint density at radius 2 is 1.67 bits per heavy atom. The lowest BCUT2D eigenvalue weighted by atomic mass is 10.0. The number of hydrogen-bond donors (Lipinski definition) is 1. The number of aryl methyl sites for hydroxylation is 1. The summed E-state index contributed by atoms with van der Waals surface area (Å²) in [6.45, 7) is 10.6. The standard InChI is InChI=1S/C21H27NO2/c1-14(2)17-7-9-18(10-8-17)22-21(23)13-24-20-12-16(5)6-11-19(20)15(3)4/h6-12,14-15H,13H2,1-5H3,(H,22,23). The number of benzene rings is 2. The van der Waals surface area contributed by atoms with E-state index in [1.54, 1.807) is 0 Å². The zero-order chi connectivity index (χ0) is 17.7. The highest BCUT2D eigenvalue weighted by molar-refractivity contribution is 5.91. The van der Waals surface area contributed by atoms with E-state index in [0.717, 1.165) is 22.6 Å². The monoisotopic (exact) mass is 325 g/mol. The van der Waals surface area contributed by atoms with Crippen LogP contribution in [0.15, 0.2) is 42.5 Å². The molecule has 0 unspecified atom stereocenters. The first-order valence-electron chi connectivity index (χ1n) is 8.50. The third kappa shape index (κ3) is 4.85. The third-order valence-corrected chi connectivity index (χ3v) is 4.01. The van der Waals surface area contributed by atoms with E-state index >= 15 is 0 Å². The normalized spacial score (nSPS) is 11.0. The van der Waals surface area contributed by atoms with Crippen LogP contribution < -0.4 is 10.1 Å². The summed E-state index contributed by atoms with van der Waals surface area (Å²) in [7, 11) is 0. The second kappa shape index (κ2) is 8.00. The molecular weight excluding hydrogens is 298 g/mol. The van der Waals surface area contributed by atoms with Crippen molar-refractivity contribution in [2.75, 3.05) is 11.9 Å². The van der Waals surface area contributed by atoms with Gasteiger partial charge in [-0.2, -0.15) is 0 Å². The molecule has 0 aromatic heterocycles. The number of rotatable bonds is 6. The van der Waals surface area contributed by atoms with Gasteiger partial charge in [-0.25, -0.2) is 0 Å². The van der Waals surface area contributed by atoms with Crippen molar-refractivity contribution < 1.29 is 9.53 Å². The average molecular weight is 325 g/mol. The molecule has 0 heterocycles. The van der Waals surface area contributed by atoms with Crippen molar-refractivity contribution in [1.29, 1.82) is 0 Å². The van der Waals surface area contributed by atoms with E-state index < -0.39 is 0 Å². The van der Waals surface area contributed by atoms with Crippen molar-refractivity contribution in [3.05, 3.63) is 59.2 Å². The lowest BCUT2D eigenvalue weighted by Crippen LogP contribution is -2.20. The molecular formula is C21H27NO2. The average Bonchev–Trinajstić information content (AvgIpc) is 2.53. The van der Waals surface area contributed by atoms with E-state index in [2.05, 4.69) is 45.1 Å². The molecule has 0 saturated carbocycles. The minimum absolute atomic E-state index is 0.00903. The summed E-state index contributed by atoms with van der Waals surface area (Å²) in [5.74, 6) is 1.47. The first-order valence-corrected chi connectivity index (χ1v) is 8.50. The Bertz CT molecular complexity index is 687. The maximum absolute atomic E-state index is 12.1. The maximum Gasteiger partial charge on any atom is 0.262 e.